The number of allylic oxidation sites excluding steroid dienone is 2. The average Bonchev–Trinajstić information content (AvgIpc) is 2.63. The van der Waals surface area contributed by atoms with Crippen LogP contribution in [-0.2, 0) is 23.6 Å². The van der Waals surface area contributed by atoms with Gasteiger partial charge in [-0.15, -0.1) is 0 Å². The van der Waals surface area contributed by atoms with E-state index < -0.39 is 35.6 Å². The summed E-state index contributed by atoms with van der Waals surface area (Å²) in [4.78, 5) is 26.5. The van der Waals surface area contributed by atoms with Gasteiger partial charge in [0, 0.05) is 5.30 Å². The van der Waals surface area contributed by atoms with Gasteiger partial charge < -0.3 is 14.0 Å². The number of hydrogen-bond donors (Lipinski definition) is 0. The first-order chi connectivity index (χ1) is 14.5. The molecule has 0 bridgehead atoms. The van der Waals surface area contributed by atoms with Gasteiger partial charge in [-0.25, -0.2) is 4.79 Å². The second-order valence-corrected chi connectivity index (χ2v) is 13.3. The molecule has 0 spiro atoms. The molecule has 0 aliphatic carbocycles. The number of methoxy groups -OCH3 is 2. The lowest BCUT2D eigenvalue weighted by Gasteiger charge is -2.42. The van der Waals surface area contributed by atoms with Gasteiger partial charge in [-0.1, -0.05) is 59.2 Å². The van der Waals surface area contributed by atoms with Crippen LogP contribution in [0.1, 0.15) is 58.2 Å². The lowest BCUT2D eigenvalue weighted by atomic mass is 9.70. The van der Waals surface area contributed by atoms with Crippen molar-refractivity contribution in [1.29, 1.82) is 0 Å². The minimum absolute atomic E-state index is 0.141. The third kappa shape index (κ3) is 4.50. The molecule has 1 aliphatic heterocycles. The molecule has 0 fully saturated rings. The highest BCUT2D eigenvalue weighted by Gasteiger charge is 2.53. The quantitative estimate of drug-likeness (QED) is 0.434. The van der Waals surface area contributed by atoms with Gasteiger partial charge in [0.25, 0.3) is 0 Å². The predicted octanol–water partition coefficient (Wildman–Crippen LogP) is 5.60. The van der Waals surface area contributed by atoms with Gasteiger partial charge in [-0.2, -0.15) is 0 Å². The number of esters is 2. The lowest BCUT2D eigenvalue weighted by Crippen LogP contribution is -2.39. The van der Waals surface area contributed by atoms with Crippen LogP contribution in [0, 0.1) is 31.6 Å². The number of ether oxygens (including phenoxy) is 2. The molecule has 0 radical (unpaired) electrons. The summed E-state index contributed by atoms with van der Waals surface area (Å²) in [6.07, 6.45) is 0. The van der Waals surface area contributed by atoms with Crippen molar-refractivity contribution >= 4 is 24.4 Å². The molecule has 5 nitrogen and oxygen atoms in total. The van der Waals surface area contributed by atoms with Crippen molar-refractivity contribution in [2.45, 2.75) is 68.0 Å². The zero-order valence-electron chi connectivity index (χ0n) is 21.3. The maximum atomic E-state index is 15.1. The summed E-state index contributed by atoms with van der Waals surface area (Å²) in [5.74, 6) is 0.425. The standard InChI is InChI=1S/C26H37O5P/c1-15-12-16(2)21(17(3)13-15)32(29)14-18(25(4,5)6)20(26(7,8)9)19(23(27)30-10)22(32)24(28)31-11/h12-14,22H,1-11H3/t22-,32+/m1/s1. The molecule has 0 amide bonds. The van der Waals surface area contributed by atoms with Crippen LogP contribution in [0.25, 0.3) is 0 Å². The van der Waals surface area contributed by atoms with Gasteiger partial charge in [-0.3, -0.25) is 4.79 Å². The van der Waals surface area contributed by atoms with Crippen molar-refractivity contribution in [2.75, 3.05) is 14.2 Å². The number of carbonyl (C=O) groups excluding carboxylic acids is 2. The van der Waals surface area contributed by atoms with Crippen molar-refractivity contribution in [3.63, 3.8) is 0 Å². The zero-order valence-corrected chi connectivity index (χ0v) is 22.2. The number of carbonyl (C=O) groups is 2. The van der Waals surface area contributed by atoms with Crippen LogP contribution in [0.5, 0.6) is 0 Å². The van der Waals surface area contributed by atoms with E-state index in [1.54, 1.807) is 5.82 Å². The summed E-state index contributed by atoms with van der Waals surface area (Å²) < 4.78 is 25.4. The summed E-state index contributed by atoms with van der Waals surface area (Å²) >= 11 is 0. The van der Waals surface area contributed by atoms with E-state index in [4.69, 9.17) is 9.47 Å². The molecule has 1 aromatic carbocycles. The third-order valence-electron chi connectivity index (χ3n) is 5.89. The zero-order chi connectivity index (χ0) is 24.8. The Kier molecular flexibility index (Phi) is 7.07. The normalized spacial score (nSPS) is 21.8. The summed E-state index contributed by atoms with van der Waals surface area (Å²) in [5, 5.41) is 0.606. The second kappa shape index (κ2) is 8.67. The molecule has 2 rings (SSSR count). The van der Waals surface area contributed by atoms with Gasteiger partial charge in [0.1, 0.15) is 5.66 Å². The highest BCUT2D eigenvalue weighted by molar-refractivity contribution is 7.76. The third-order valence-corrected chi connectivity index (χ3v) is 9.17. The molecule has 2 atom stereocenters. The van der Waals surface area contributed by atoms with E-state index in [0.29, 0.717) is 10.9 Å². The van der Waals surface area contributed by atoms with Crippen LogP contribution in [0.4, 0.5) is 0 Å². The Morgan fingerprint density at radius 2 is 1.38 bits per heavy atom. The van der Waals surface area contributed by atoms with Gasteiger partial charge in [0.2, 0.25) is 0 Å². The smallest absolute Gasteiger partial charge is 0.335 e. The van der Waals surface area contributed by atoms with E-state index in [9.17, 15) is 9.59 Å². The lowest BCUT2D eigenvalue weighted by molar-refractivity contribution is -0.143. The van der Waals surface area contributed by atoms with Crippen molar-refractivity contribution in [1.82, 2.24) is 0 Å². The number of aryl methyl sites for hydroxylation is 3. The Bertz CT molecular complexity index is 1040. The number of benzene rings is 1. The number of rotatable bonds is 3. The molecule has 1 aliphatic rings. The van der Waals surface area contributed by atoms with Gasteiger partial charge in [-0.05, 0) is 59.7 Å². The Hall–Kier alpha value is -2.13. The van der Waals surface area contributed by atoms with Crippen molar-refractivity contribution < 1.29 is 23.6 Å². The highest BCUT2D eigenvalue weighted by atomic mass is 31.2. The Labute approximate surface area is 192 Å². The molecule has 0 saturated carbocycles. The van der Waals surface area contributed by atoms with Gasteiger partial charge >= 0.3 is 11.9 Å². The Morgan fingerprint density at radius 1 is 0.875 bits per heavy atom. The fourth-order valence-corrected chi connectivity index (χ4v) is 8.51. The largest absolute Gasteiger partial charge is 0.468 e. The van der Waals surface area contributed by atoms with Crippen LogP contribution in [0.15, 0.2) is 34.7 Å². The second-order valence-electron chi connectivity index (χ2n) is 10.7. The van der Waals surface area contributed by atoms with E-state index in [2.05, 4.69) is 0 Å². The Balaban J connectivity index is 3.17. The first-order valence-electron chi connectivity index (χ1n) is 10.8. The van der Waals surface area contributed by atoms with E-state index in [0.717, 1.165) is 22.3 Å². The van der Waals surface area contributed by atoms with Crippen molar-refractivity contribution in [2.24, 2.45) is 10.8 Å². The molecule has 32 heavy (non-hydrogen) atoms. The maximum Gasteiger partial charge on any atom is 0.335 e. The number of hydrogen-bond acceptors (Lipinski definition) is 5. The van der Waals surface area contributed by atoms with Crippen LogP contribution in [0.2, 0.25) is 0 Å². The monoisotopic (exact) mass is 460 g/mol. The fourth-order valence-electron chi connectivity index (χ4n) is 4.81. The maximum absolute atomic E-state index is 15.1. The predicted molar refractivity (Wildman–Crippen MR) is 130 cm³/mol. The minimum Gasteiger partial charge on any atom is -0.468 e. The molecule has 176 valence electrons. The molecule has 0 saturated heterocycles. The van der Waals surface area contributed by atoms with E-state index >= 15 is 4.57 Å². The van der Waals surface area contributed by atoms with E-state index in [1.165, 1.54) is 14.2 Å². The Morgan fingerprint density at radius 3 is 1.75 bits per heavy atom. The van der Waals surface area contributed by atoms with Gasteiger partial charge in [0.05, 0.1) is 19.8 Å². The minimum atomic E-state index is -3.62. The molecule has 1 heterocycles. The van der Waals surface area contributed by atoms with Crippen LogP contribution >= 0.6 is 7.14 Å². The van der Waals surface area contributed by atoms with Gasteiger partial charge in [0.15, 0.2) is 7.14 Å². The molecule has 0 aromatic heterocycles. The summed E-state index contributed by atoms with van der Waals surface area (Å²) in [6.45, 7) is 17.8. The first kappa shape index (κ1) is 26.1. The van der Waals surface area contributed by atoms with E-state index in [-0.39, 0.29) is 5.57 Å². The molecular formula is C26H37O5P. The molecule has 1 aromatic rings. The average molecular weight is 461 g/mol. The van der Waals surface area contributed by atoms with E-state index in [1.807, 2.05) is 74.4 Å². The molecular weight excluding hydrogens is 423 g/mol. The van der Waals surface area contributed by atoms with Crippen LogP contribution in [0.3, 0.4) is 0 Å². The molecule has 6 heteroatoms. The van der Waals surface area contributed by atoms with Crippen molar-refractivity contribution in [3.05, 3.63) is 51.4 Å². The summed E-state index contributed by atoms with van der Waals surface area (Å²) in [5.41, 5.74) is 2.14. The fraction of sp³-hybridized carbons (Fsp3) is 0.538. The first-order valence-corrected chi connectivity index (χ1v) is 12.7. The van der Waals surface area contributed by atoms with Crippen LogP contribution in [-0.4, -0.2) is 31.8 Å². The van der Waals surface area contributed by atoms with Crippen molar-refractivity contribution in [3.8, 4) is 0 Å². The summed E-state index contributed by atoms with van der Waals surface area (Å²) in [7, 11) is -1.08. The topological polar surface area (TPSA) is 69.7 Å². The summed E-state index contributed by atoms with van der Waals surface area (Å²) in [6, 6.07) is 3.92. The van der Waals surface area contributed by atoms with Crippen LogP contribution < -0.4 is 5.30 Å². The SMILES string of the molecule is COC(=O)C1=C(C(C)(C)C)C(C(C)(C)C)=C[P@](=O)(c2c(C)cc(C)cc2C)[C@H]1C(=O)OC. The highest BCUT2D eigenvalue weighted by Crippen LogP contribution is 2.63. The molecule has 0 N–H and O–H groups in total. The molecule has 0 unspecified atom stereocenters.